The molecule has 1 aliphatic carbocycles. The fraction of sp³-hybridized carbons (Fsp3) is 0.310. The molecule has 36 heavy (non-hydrogen) atoms. The van der Waals surface area contributed by atoms with Crippen LogP contribution in [0.1, 0.15) is 29.0 Å². The third kappa shape index (κ3) is 7.16. The van der Waals surface area contributed by atoms with E-state index < -0.39 is 6.09 Å². The SMILES string of the molecule is O=C(CCOCCOCCNC(=O)OCC1c2ccccc2-c2ccccc21)OCc1ccccc1. The van der Waals surface area contributed by atoms with Gasteiger partial charge in [0.25, 0.3) is 0 Å². The molecular weight excluding hydrogens is 458 g/mol. The zero-order chi connectivity index (χ0) is 25.0. The number of fused-ring (bicyclic) bond motifs is 3. The molecule has 7 nitrogen and oxygen atoms in total. The third-order valence-corrected chi connectivity index (χ3v) is 5.92. The number of carbonyl (C=O) groups excluding carboxylic acids is 2. The quantitative estimate of drug-likeness (QED) is 0.277. The summed E-state index contributed by atoms with van der Waals surface area (Å²) in [7, 11) is 0. The zero-order valence-electron chi connectivity index (χ0n) is 20.2. The van der Waals surface area contributed by atoms with Crippen LogP contribution in [0, 0.1) is 0 Å². The van der Waals surface area contributed by atoms with Crippen LogP contribution in [0.2, 0.25) is 0 Å². The van der Waals surface area contributed by atoms with Crippen molar-refractivity contribution in [2.45, 2.75) is 18.9 Å². The van der Waals surface area contributed by atoms with Crippen LogP contribution in [-0.2, 0) is 30.3 Å². The smallest absolute Gasteiger partial charge is 0.407 e. The van der Waals surface area contributed by atoms with Gasteiger partial charge in [-0.3, -0.25) is 4.79 Å². The maximum atomic E-state index is 12.1. The van der Waals surface area contributed by atoms with Gasteiger partial charge in [-0.2, -0.15) is 0 Å². The number of nitrogens with one attached hydrogen (secondary N) is 1. The van der Waals surface area contributed by atoms with E-state index in [-0.39, 0.29) is 38.1 Å². The Morgan fingerprint density at radius 3 is 2.00 bits per heavy atom. The molecule has 0 saturated carbocycles. The van der Waals surface area contributed by atoms with E-state index in [1.165, 1.54) is 22.3 Å². The molecule has 0 unspecified atom stereocenters. The molecule has 0 heterocycles. The maximum absolute atomic E-state index is 12.1. The number of hydrogen-bond donors (Lipinski definition) is 1. The number of amides is 1. The summed E-state index contributed by atoms with van der Waals surface area (Å²) in [5, 5.41) is 2.71. The highest BCUT2D eigenvalue weighted by Crippen LogP contribution is 2.44. The topological polar surface area (TPSA) is 83.1 Å². The fourth-order valence-electron chi connectivity index (χ4n) is 4.16. The average molecular weight is 490 g/mol. The Balaban J connectivity index is 1.03. The highest BCUT2D eigenvalue weighted by molar-refractivity contribution is 5.79. The molecule has 7 heteroatoms. The summed E-state index contributed by atoms with van der Waals surface area (Å²) >= 11 is 0. The largest absolute Gasteiger partial charge is 0.461 e. The van der Waals surface area contributed by atoms with Gasteiger partial charge >= 0.3 is 12.1 Å². The molecule has 0 radical (unpaired) electrons. The Kier molecular flexibility index (Phi) is 9.47. The van der Waals surface area contributed by atoms with Crippen molar-refractivity contribution in [1.82, 2.24) is 5.32 Å². The van der Waals surface area contributed by atoms with Crippen LogP contribution >= 0.6 is 0 Å². The minimum absolute atomic E-state index is 0.0344. The van der Waals surface area contributed by atoms with Crippen LogP contribution in [0.4, 0.5) is 4.79 Å². The van der Waals surface area contributed by atoms with Crippen LogP contribution in [0.5, 0.6) is 0 Å². The predicted octanol–water partition coefficient (Wildman–Crippen LogP) is 4.69. The van der Waals surface area contributed by atoms with E-state index >= 15 is 0 Å². The number of esters is 1. The number of rotatable bonds is 13. The Labute approximate surface area is 211 Å². The van der Waals surface area contributed by atoms with Crippen LogP contribution < -0.4 is 5.32 Å². The second-order valence-electron chi connectivity index (χ2n) is 8.37. The van der Waals surface area contributed by atoms with Gasteiger partial charge in [0.2, 0.25) is 0 Å². The molecule has 0 atom stereocenters. The van der Waals surface area contributed by atoms with Crippen molar-refractivity contribution in [3.63, 3.8) is 0 Å². The molecule has 3 aromatic carbocycles. The summed E-state index contributed by atoms with van der Waals surface area (Å²) in [5.74, 6) is -0.265. The van der Waals surface area contributed by atoms with Crippen LogP contribution in [-0.4, -0.2) is 51.6 Å². The Morgan fingerprint density at radius 1 is 0.694 bits per heavy atom. The molecule has 1 N–H and O–H groups in total. The lowest BCUT2D eigenvalue weighted by molar-refractivity contribution is -0.146. The van der Waals surface area contributed by atoms with E-state index in [9.17, 15) is 9.59 Å². The maximum Gasteiger partial charge on any atom is 0.407 e. The van der Waals surface area contributed by atoms with Crippen LogP contribution in [0.15, 0.2) is 78.9 Å². The molecule has 3 aromatic rings. The molecule has 188 valence electrons. The molecule has 0 fully saturated rings. The standard InChI is InChI=1S/C29H31NO6/c31-28(35-20-22-8-2-1-3-9-22)14-16-33-18-19-34-17-15-30-29(32)36-21-27-25-12-6-4-10-23(25)24-11-5-7-13-26(24)27/h1-13,27H,14-21H2,(H,30,32). The molecule has 0 aliphatic heterocycles. The van der Waals surface area contributed by atoms with Gasteiger partial charge in [0.15, 0.2) is 0 Å². The lowest BCUT2D eigenvalue weighted by atomic mass is 9.98. The van der Waals surface area contributed by atoms with Crippen molar-refractivity contribution < 1.29 is 28.5 Å². The normalized spacial score (nSPS) is 12.0. The molecule has 0 saturated heterocycles. The van der Waals surface area contributed by atoms with E-state index in [0.29, 0.717) is 26.4 Å². The van der Waals surface area contributed by atoms with E-state index in [4.69, 9.17) is 18.9 Å². The summed E-state index contributed by atoms with van der Waals surface area (Å²) in [4.78, 5) is 23.9. The van der Waals surface area contributed by atoms with Crippen molar-refractivity contribution in [3.05, 3.63) is 95.6 Å². The highest BCUT2D eigenvalue weighted by atomic mass is 16.6. The number of benzene rings is 3. The second-order valence-corrected chi connectivity index (χ2v) is 8.37. The molecule has 1 aliphatic rings. The molecule has 0 bridgehead atoms. The van der Waals surface area contributed by atoms with Crippen molar-refractivity contribution in [1.29, 1.82) is 0 Å². The van der Waals surface area contributed by atoms with Gasteiger partial charge in [-0.25, -0.2) is 4.79 Å². The van der Waals surface area contributed by atoms with Crippen LogP contribution in [0.3, 0.4) is 0 Å². The molecule has 4 rings (SSSR count). The lowest BCUT2D eigenvalue weighted by Crippen LogP contribution is -2.29. The summed E-state index contributed by atoms with van der Waals surface area (Å²) < 4.78 is 21.5. The van der Waals surface area contributed by atoms with E-state index in [2.05, 4.69) is 29.6 Å². The predicted molar refractivity (Wildman–Crippen MR) is 136 cm³/mol. The zero-order valence-corrected chi connectivity index (χ0v) is 20.2. The monoisotopic (exact) mass is 489 g/mol. The van der Waals surface area contributed by atoms with Crippen molar-refractivity contribution in [2.24, 2.45) is 0 Å². The first-order valence-electron chi connectivity index (χ1n) is 12.2. The summed E-state index contributed by atoms with van der Waals surface area (Å²) in [6, 6.07) is 26.0. The Hall–Kier alpha value is -3.68. The van der Waals surface area contributed by atoms with Gasteiger partial charge in [-0.15, -0.1) is 0 Å². The molecule has 0 spiro atoms. The van der Waals surface area contributed by atoms with Gasteiger partial charge in [0.05, 0.1) is 32.8 Å². The van der Waals surface area contributed by atoms with Gasteiger partial charge in [-0.1, -0.05) is 78.9 Å². The van der Waals surface area contributed by atoms with Crippen molar-refractivity contribution in [2.75, 3.05) is 39.6 Å². The van der Waals surface area contributed by atoms with Crippen molar-refractivity contribution >= 4 is 12.1 Å². The molecular formula is C29H31NO6. The van der Waals surface area contributed by atoms with Crippen molar-refractivity contribution in [3.8, 4) is 11.1 Å². The van der Waals surface area contributed by atoms with Gasteiger partial charge in [0, 0.05) is 12.5 Å². The van der Waals surface area contributed by atoms with Crippen LogP contribution in [0.25, 0.3) is 11.1 Å². The fourth-order valence-corrected chi connectivity index (χ4v) is 4.16. The number of carbonyl (C=O) groups is 2. The first-order chi connectivity index (χ1) is 17.7. The molecule has 0 aromatic heterocycles. The minimum atomic E-state index is -0.467. The Morgan fingerprint density at radius 2 is 1.31 bits per heavy atom. The Bertz CT molecular complexity index is 1090. The van der Waals surface area contributed by atoms with Gasteiger partial charge in [-0.05, 0) is 27.8 Å². The van der Waals surface area contributed by atoms with E-state index in [0.717, 1.165) is 5.56 Å². The number of alkyl carbamates (subject to hydrolysis) is 1. The lowest BCUT2D eigenvalue weighted by Gasteiger charge is -2.14. The number of ether oxygens (including phenoxy) is 4. The average Bonchev–Trinajstić information content (AvgIpc) is 3.24. The summed E-state index contributed by atoms with van der Waals surface area (Å²) in [6.45, 7) is 2.22. The second kappa shape index (κ2) is 13.4. The first kappa shape index (κ1) is 25.4. The van der Waals surface area contributed by atoms with E-state index in [1.807, 2.05) is 54.6 Å². The van der Waals surface area contributed by atoms with Gasteiger partial charge in [0.1, 0.15) is 13.2 Å². The molecule has 1 amide bonds. The minimum Gasteiger partial charge on any atom is -0.461 e. The van der Waals surface area contributed by atoms with Gasteiger partial charge < -0.3 is 24.3 Å². The summed E-state index contributed by atoms with van der Waals surface area (Å²) in [5.41, 5.74) is 5.70. The first-order valence-corrected chi connectivity index (χ1v) is 12.2. The summed E-state index contributed by atoms with van der Waals surface area (Å²) in [6.07, 6.45) is -0.276. The highest BCUT2D eigenvalue weighted by Gasteiger charge is 2.28. The van der Waals surface area contributed by atoms with E-state index in [1.54, 1.807) is 0 Å². The third-order valence-electron chi connectivity index (χ3n) is 5.92. The number of hydrogen-bond acceptors (Lipinski definition) is 6.